The summed E-state index contributed by atoms with van der Waals surface area (Å²) in [7, 11) is 0. The number of hydrogen-bond acceptors (Lipinski definition) is 3. The second-order valence-corrected chi connectivity index (χ2v) is 7.52. The second kappa shape index (κ2) is 7.29. The Morgan fingerprint density at radius 2 is 1.81 bits per heavy atom. The van der Waals surface area contributed by atoms with E-state index in [0.29, 0.717) is 13.2 Å². The molecule has 0 aromatic heterocycles. The Morgan fingerprint density at radius 1 is 1.12 bits per heavy atom. The summed E-state index contributed by atoms with van der Waals surface area (Å²) in [5.74, 6) is -0.583. The Morgan fingerprint density at radius 3 is 2.46 bits per heavy atom. The molecule has 2 bridgehead atoms. The van der Waals surface area contributed by atoms with Crippen LogP contribution in [0.25, 0.3) is 0 Å². The zero-order valence-corrected chi connectivity index (χ0v) is 15.0. The Labute approximate surface area is 153 Å². The highest BCUT2D eigenvalue weighted by atomic mass is 19.1. The van der Waals surface area contributed by atoms with Gasteiger partial charge in [0.2, 0.25) is 0 Å². The van der Waals surface area contributed by atoms with Crippen LogP contribution < -0.4 is 0 Å². The Balaban J connectivity index is 1.51. The van der Waals surface area contributed by atoms with Gasteiger partial charge in [0.25, 0.3) is 0 Å². The van der Waals surface area contributed by atoms with Crippen molar-refractivity contribution in [2.24, 2.45) is 5.92 Å². The van der Waals surface area contributed by atoms with Gasteiger partial charge in [0.05, 0.1) is 18.8 Å². The summed E-state index contributed by atoms with van der Waals surface area (Å²) in [6.07, 6.45) is 1.46. The van der Waals surface area contributed by atoms with Gasteiger partial charge in [0.1, 0.15) is 5.82 Å². The maximum atomic E-state index is 14.3. The van der Waals surface area contributed by atoms with Gasteiger partial charge in [-0.05, 0) is 43.0 Å². The molecule has 4 rings (SSSR count). The van der Waals surface area contributed by atoms with Crippen molar-refractivity contribution in [3.63, 3.8) is 0 Å². The van der Waals surface area contributed by atoms with Crippen LogP contribution in [0.2, 0.25) is 0 Å². The van der Waals surface area contributed by atoms with Crippen molar-refractivity contribution < 1.29 is 13.9 Å². The zero-order valence-electron chi connectivity index (χ0n) is 15.0. The maximum absolute atomic E-state index is 14.3. The molecular weight excluding hydrogens is 329 g/mol. The van der Waals surface area contributed by atoms with Crippen LogP contribution in [0.4, 0.5) is 4.39 Å². The first-order valence-electron chi connectivity index (χ1n) is 9.29. The first-order chi connectivity index (χ1) is 12.6. The van der Waals surface area contributed by atoms with Crippen LogP contribution in [0, 0.1) is 18.7 Å². The summed E-state index contributed by atoms with van der Waals surface area (Å²) in [4.78, 5) is 15.4. The van der Waals surface area contributed by atoms with Crippen molar-refractivity contribution in [3.05, 3.63) is 71.0 Å². The molecule has 0 N–H and O–H groups in total. The maximum Gasteiger partial charge on any atom is 0.169 e. The molecule has 3 nitrogen and oxygen atoms in total. The molecule has 0 aliphatic carbocycles. The number of carbonyl (C=O) groups is 1. The molecule has 2 aromatic carbocycles. The summed E-state index contributed by atoms with van der Waals surface area (Å²) in [6.45, 7) is 3.99. The molecule has 136 valence electrons. The fraction of sp³-hybridized carbons (Fsp3) is 0.409. The smallest absolute Gasteiger partial charge is 0.169 e. The molecule has 2 aliphatic heterocycles. The number of Topliss-reactive ketones (excluding diaryl/α,β-unsaturated/α-hetero) is 1. The molecule has 0 saturated carbocycles. The van der Waals surface area contributed by atoms with E-state index in [0.717, 1.165) is 24.9 Å². The molecule has 0 spiro atoms. The molecule has 26 heavy (non-hydrogen) atoms. The number of hydrogen-bond donors (Lipinski definition) is 0. The summed E-state index contributed by atoms with van der Waals surface area (Å²) in [5.41, 5.74) is 2.34. The topological polar surface area (TPSA) is 29.5 Å². The molecule has 0 radical (unpaired) electrons. The van der Waals surface area contributed by atoms with E-state index in [2.05, 4.69) is 29.2 Å². The minimum atomic E-state index is -0.400. The Bertz CT molecular complexity index is 778. The van der Waals surface area contributed by atoms with E-state index in [1.54, 1.807) is 6.07 Å². The average Bonchev–Trinajstić information content (AvgIpc) is 2.62. The third kappa shape index (κ3) is 3.44. The number of halogens is 1. The molecule has 2 heterocycles. The monoisotopic (exact) mass is 353 g/mol. The third-order valence-electron chi connectivity index (χ3n) is 5.64. The van der Waals surface area contributed by atoms with Crippen LogP contribution >= 0.6 is 0 Å². The summed E-state index contributed by atoms with van der Waals surface area (Å²) < 4.78 is 20.0. The fourth-order valence-electron chi connectivity index (χ4n) is 4.30. The number of nitrogens with zero attached hydrogens (tertiary/aromatic N) is 1. The minimum Gasteiger partial charge on any atom is -0.378 e. The van der Waals surface area contributed by atoms with Crippen molar-refractivity contribution in [2.45, 2.75) is 38.4 Å². The van der Waals surface area contributed by atoms with Crippen LogP contribution in [0.15, 0.2) is 48.5 Å². The number of ether oxygens (including phenoxy) is 1. The zero-order chi connectivity index (χ0) is 18.1. The Kier molecular flexibility index (Phi) is 4.88. The van der Waals surface area contributed by atoms with Gasteiger partial charge in [-0.25, -0.2) is 4.39 Å². The standard InChI is InChI=1S/C22H24FNO2/c1-15-7-8-20(21(23)9-15)22(25)17-10-18-13-26-14-19(11-17)24(18)12-16-5-3-2-4-6-16/h2-9,17-19H,10-14H2,1H3. The number of ketones is 1. The highest BCUT2D eigenvalue weighted by molar-refractivity contribution is 5.98. The van der Waals surface area contributed by atoms with E-state index >= 15 is 0 Å². The number of carbonyl (C=O) groups excluding carboxylic acids is 1. The number of morpholine rings is 1. The van der Waals surface area contributed by atoms with E-state index in [1.807, 2.05) is 19.1 Å². The summed E-state index contributed by atoms with van der Waals surface area (Å²) in [5, 5.41) is 0. The lowest BCUT2D eigenvalue weighted by Gasteiger charge is -2.48. The van der Waals surface area contributed by atoms with E-state index in [9.17, 15) is 9.18 Å². The summed E-state index contributed by atoms with van der Waals surface area (Å²) in [6, 6.07) is 15.7. The van der Waals surface area contributed by atoms with Crippen LogP contribution in [0.1, 0.15) is 34.3 Å². The van der Waals surface area contributed by atoms with Crippen LogP contribution in [0.3, 0.4) is 0 Å². The first kappa shape index (κ1) is 17.4. The molecule has 2 atom stereocenters. The van der Waals surface area contributed by atoms with Gasteiger partial charge in [-0.2, -0.15) is 0 Å². The van der Waals surface area contributed by atoms with E-state index in [1.165, 1.54) is 11.6 Å². The van der Waals surface area contributed by atoms with Crippen molar-refractivity contribution in [2.75, 3.05) is 13.2 Å². The van der Waals surface area contributed by atoms with E-state index in [-0.39, 0.29) is 29.3 Å². The fourth-order valence-corrected chi connectivity index (χ4v) is 4.30. The molecule has 2 unspecified atom stereocenters. The lowest BCUT2D eigenvalue weighted by Crippen LogP contribution is -2.57. The normalized spacial score (nSPS) is 25.8. The van der Waals surface area contributed by atoms with Gasteiger partial charge in [0.15, 0.2) is 5.78 Å². The predicted molar refractivity (Wildman–Crippen MR) is 98.6 cm³/mol. The molecule has 2 aromatic rings. The van der Waals surface area contributed by atoms with Crippen LogP contribution in [0.5, 0.6) is 0 Å². The minimum absolute atomic E-state index is 0.0567. The molecular formula is C22H24FNO2. The molecule has 4 heteroatoms. The van der Waals surface area contributed by atoms with Gasteiger partial charge in [-0.3, -0.25) is 9.69 Å². The van der Waals surface area contributed by atoms with E-state index < -0.39 is 5.82 Å². The van der Waals surface area contributed by atoms with Crippen molar-refractivity contribution in [3.8, 4) is 0 Å². The molecule has 2 aliphatic rings. The van der Waals surface area contributed by atoms with Gasteiger partial charge < -0.3 is 4.74 Å². The first-order valence-corrected chi connectivity index (χ1v) is 9.29. The number of rotatable bonds is 4. The highest BCUT2D eigenvalue weighted by Gasteiger charge is 2.41. The molecule has 2 saturated heterocycles. The molecule has 0 amide bonds. The average molecular weight is 353 g/mol. The lowest BCUT2D eigenvalue weighted by molar-refractivity contribution is -0.0873. The van der Waals surface area contributed by atoms with Crippen LogP contribution in [-0.4, -0.2) is 36.0 Å². The van der Waals surface area contributed by atoms with Gasteiger partial charge >= 0.3 is 0 Å². The van der Waals surface area contributed by atoms with Crippen molar-refractivity contribution >= 4 is 5.78 Å². The highest BCUT2D eigenvalue weighted by Crippen LogP contribution is 2.35. The van der Waals surface area contributed by atoms with E-state index in [4.69, 9.17) is 4.74 Å². The molecule has 2 fully saturated rings. The SMILES string of the molecule is Cc1ccc(C(=O)C2CC3COCC(C2)N3Cc2ccccc2)c(F)c1. The third-order valence-corrected chi connectivity index (χ3v) is 5.64. The number of fused-ring (bicyclic) bond motifs is 2. The lowest BCUT2D eigenvalue weighted by atomic mass is 9.80. The van der Waals surface area contributed by atoms with Crippen LogP contribution in [-0.2, 0) is 11.3 Å². The van der Waals surface area contributed by atoms with Crippen molar-refractivity contribution in [1.82, 2.24) is 4.90 Å². The van der Waals surface area contributed by atoms with Gasteiger partial charge in [0, 0.05) is 24.5 Å². The van der Waals surface area contributed by atoms with Gasteiger partial charge in [-0.1, -0.05) is 36.4 Å². The van der Waals surface area contributed by atoms with Gasteiger partial charge in [-0.15, -0.1) is 0 Å². The Hall–Kier alpha value is -2.04. The predicted octanol–water partition coefficient (Wildman–Crippen LogP) is 4.00. The number of piperidine rings is 1. The second-order valence-electron chi connectivity index (χ2n) is 7.52. The van der Waals surface area contributed by atoms with Crippen molar-refractivity contribution in [1.29, 1.82) is 0 Å². The number of aryl methyl sites for hydroxylation is 1. The number of benzene rings is 2. The summed E-state index contributed by atoms with van der Waals surface area (Å²) >= 11 is 0. The quantitative estimate of drug-likeness (QED) is 0.778. The largest absolute Gasteiger partial charge is 0.378 e.